The number of fused-ring (bicyclic) bond motifs is 2. The number of ether oxygens (including phenoxy) is 1. The number of amides is 3. The molecule has 3 saturated heterocycles. The van der Waals surface area contributed by atoms with E-state index in [1.54, 1.807) is 46.0 Å². The lowest BCUT2D eigenvalue weighted by Crippen LogP contribution is -2.45. The summed E-state index contributed by atoms with van der Waals surface area (Å²) < 4.78 is 22.9. The van der Waals surface area contributed by atoms with Crippen molar-refractivity contribution in [1.29, 1.82) is 0 Å². The first-order chi connectivity index (χ1) is 20.5. The summed E-state index contributed by atoms with van der Waals surface area (Å²) in [6, 6.07) is 12.7. The molecule has 0 radical (unpaired) electrons. The van der Waals surface area contributed by atoms with Crippen LogP contribution in [0.5, 0.6) is 0 Å². The molecule has 11 heteroatoms. The molecule has 3 amide bonds. The first kappa shape index (κ1) is 30.2. The number of aliphatic hydroxyl groups excluding tert-OH is 1. The molecule has 4 aliphatic rings. The van der Waals surface area contributed by atoms with Crippen molar-refractivity contribution in [3.05, 3.63) is 58.6 Å². The van der Waals surface area contributed by atoms with Crippen LogP contribution in [-0.2, 0) is 31.3 Å². The van der Waals surface area contributed by atoms with Gasteiger partial charge >= 0.3 is 0 Å². The number of hydrogen-bond acceptors (Lipinski definition) is 5. The Morgan fingerprint density at radius 2 is 1.95 bits per heavy atom. The molecule has 1 N–H and O–H groups in total. The molecule has 3 fully saturated rings. The van der Waals surface area contributed by atoms with Gasteiger partial charge in [0.2, 0.25) is 20.2 Å². The molecular formula is C32H39ClFN3O5Si. The number of halogens is 2. The van der Waals surface area contributed by atoms with Gasteiger partial charge in [0.1, 0.15) is 0 Å². The summed E-state index contributed by atoms with van der Waals surface area (Å²) in [4.78, 5) is 45.6. The van der Waals surface area contributed by atoms with Crippen molar-refractivity contribution in [2.24, 2.45) is 5.92 Å². The van der Waals surface area contributed by atoms with Gasteiger partial charge in [0.15, 0.2) is 5.60 Å². The largest absolute Gasteiger partial charge is 0.394 e. The van der Waals surface area contributed by atoms with E-state index in [4.69, 9.17) is 16.3 Å². The fourth-order valence-corrected chi connectivity index (χ4v) is 10.6. The minimum Gasteiger partial charge on any atom is -0.394 e. The molecule has 0 bridgehead atoms. The van der Waals surface area contributed by atoms with Crippen LogP contribution < -0.4 is 9.80 Å². The van der Waals surface area contributed by atoms with E-state index in [0.717, 1.165) is 30.5 Å². The third kappa shape index (κ3) is 5.10. The van der Waals surface area contributed by atoms with Crippen molar-refractivity contribution in [1.82, 2.24) is 4.90 Å². The Kier molecular flexibility index (Phi) is 7.94. The number of anilines is 2. The van der Waals surface area contributed by atoms with Crippen LogP contribution in [0.4, 0.5) is 15.5 Å². The monoisotopic (exact) mass is 627 g/mol. The highest BCUT2D eigenvalue weighted by Crippen LogP contribution is 2.60. The van der Waals surface area contributed by atoms with Crippen molar-refractivity contribution in [3.8, 4) is 0 Å². The number of likely N-dealkylation sites (tertiary alicyclic amines) is 1. The molecule has 5 atom stereocenters. The van der Waals surface area contributed by atoms with E-state index in [1.165, 1.54) is 0 Å². The second-order valence-electron chi connectivity index (χ2n) is 12.9. The van der Waals surface area contributed by atoms with E-state index in [9.17, 15) is 19.5 Å². The lowest BCUT2D eigenvalue weighted by molar-refractivity contribution is -0.150. The number of rotatable bonds is 7. The molecule has 0 saturated carbocycles. The molecule has 230 valence electrons. The molecule has 2 aromatic rings. The third-order valence-corrected chi connectivity index (χ3v) is 12.5. The van der Waals surface area contributed by atoms with Crippen LogP contribution in [0.3, 0.4) is 0 Å². The predicted molar refractivity (Wildman–Crippen MR) is 165 cm³/mol. The van der Waals surface area contributed by atoms with Gasteiger partial charge in [-0.25, -0.2) is 0 Å². The van der Waals surface area contributed by atoms with Crippen LogP contribution in [0, 0.1) is 5.92 Å². The zero-order chi connectivity index (χ0) is 30.7. The smallest absolute Gasteiger partial charge is 0.264 e. The van der Waals surface area contributed by atoms with Gasteiger partial charge < -0.3 is 28.7 Å². The van der Waals surface area contributed by atoms with Gasteiger partial charge in [-0.2, -0.15) is 0 Å². The topological polar surface area (TPSA) is 90.4 Å². The van der Waals surface area contributed by atoms with E-state index < -0.39 is 31.6 Å². The second-order valence-corrected chi connectivity index (χ2v) is 17.1. The van der Waals surface area contributed by atoms with Crippen molar-refractivity contribution < 1.29 is 28.3 Å². The molecular weight excluding hydrogens is 589 g/mol. The van der Waals surface area contributed by atoms with Crippen molar-refractivity contribution in [2.75, 3.05) is 29.5 Å². The summed E-state index contributed by atoms with van der Waals surface area (Å²) in [5.41, 5.74) is 0.781. The highest BCUT2D eigenvalue weighted by atomic mass is 35.5. The van der Waals surface area contributed by atoms with Crippen LogP contribution >= 0.6 is 11.6 Å². The van der Waals surface area contributed by atoms with Crippen LogP contribution in [0.1, 0.15) is 50.2 Å². The number of aliphatic hydroxyl groups is 1. The van der Waals surface area contributed by atoms with Gasteiger partial charge in [0, 0.05) is 47.2 Å². The van der Waals surface area contributed by atoms with E-state index in [1.807, 2.05) is 31.2 Å². The molecule has 0 aliphatic carbocycles. The van der Waals surface area contributed by atoms with Crippen LogP contribution in [0.15, 0.2) is 42.5 Å². The van der Waals surface area contributed by atoms with E-state index in [0.29, 0.717) is 35.8 Å². The highest BCUT2D eigenvalue weighted by molar-refractivity contribution is 6.72. The van der Waals surface area contributed by atoms with Gasteiger partial charge in [-0.1, -0.05) is 30.7 Å². The Bertz CT molecular complexity index is 1450. The Labute approximate surface area is 257 Å². The van der Waals surface area contributed by atoms with E-state index >= 15 is 4.11 Å². The molecule has 2 aromatic carbocycles. The average molecular weight is 628 g/mol. The SMILES string of the molecule is C[C@@H]1[C@@H]([Si](C)(C)F)[C@H](CC(=O)N2CCC[C@H]2CO)O[C@@]12C(=O)N(Cc1cccc(N3CCCC3=O)c1)c1ccc(Cl)cc12. The lowest BCUT2D eigenvalue weighted by atomic mass is 9.82. The minimum atomic E-state index is -3.45. The average Bonchev–Trinajstić information content (AvgIpc) is 3.72. The molecule has 0 aromatic heterocycles. The van der Waals surface area contributed by atoms with Crippen LogP contribution in [-0.4, -0.2) is 68.0 Å². The van der Waals surface area contributed by atoms with Crippen molar-refractivity contribution in [2.45, 2.75) is 82.0 Å². The Balaban J connectivity index is 1.35. The third-order valence-electron chi connectivity index (χ3n) is 9.84. The first-order valence-electron chi connectivity index (χ1n) is 15.2. The predicted octanol–water partition coefficient (Wildman–Crippen LogP) is 5.16. The Morgan fingerprint density at radius 3 is 2.65 bits per heavy atom. The van der Waals surface area contributed by atoms with Gasteiger partial charge in [0.25, 0.3) is 5.91 Å². The quantitative estimate of drug-likeness (QED) is 0.338. The highest BCUT2D eigenvalue weighted by Gasteiger charge is 2.67. The van der Waals surface area contributed by atoms with Crippen LogP contribution in [0.2, 0.25) is 23.7 Å². The van der Waals surface area contributed by atoms with Crippen molar-refractivity contribution >= 4 is 49.1 Å². The summed E-state index contributed by atoms with van der Waals surface area (Å²) in [5.74, 6) is -0.943. The zero-order valence-corrected chi connectivity index (χ0v) is 26.6. The maximum Gasteiger partial charge on any atom is 0.264 e. The number of benzene rings is 2. The number of hydrogen-bond donors (Lipinski definition) is 1. The fourth-order valence-electron chi connectivity index (χ4n) is 7.95. The summed E-state index contributed by atoms with van der Waals surface area (Å²) in [6.07, 6.45) is 2.03. The zero-order valence-electron chi connectivity index (χ0n) is 24.9. The van der Waals surface area contributed by atoms with Crippen LogP contribution in [0.25, 0.3) is 0 Å². The maximum atomic E-state index is 16.2. The number of nitrogens with zero attached hydrogens (tertiary/aromatic N) is 3. The van der Waals surface area contributed by atoms with E-state index in [-0.39, 0.29) is 43.3 Å². The molecule has 0 unspecified atom stereocenters. The molecule has 8 nitrogen and oxygen atoms in total. The standard InChI is InChI=1S/C32H39ClFN3O5Si/c1-20-30(43(2,3)34)27(17-29(40)36-13-5-9-24(36)19-38)42-32(20)25-16-22(33)11-12-26(25)37(31(32)41)18-21-7-4-8-23(15-21)35-14-6-10-28(35)39/h4,7-8,11-12,15-16,20,24,27,30,38H,5-6,9-10,13-14,17-19H2,1-3H3/t20-,24+,27+,30-,32+/m1/s1. The van der Waals surface area contributed by atoms with E-state index in [2.05, 4.69) is 0 Å². The second kappa shape index (κ2) is 11.3. The van der Waals surface area contributed by atoms with Gasteiger partial charge in [0.05, 0.1) is 37.4 Å². The van der Waals surface area contributed by atoms with Crippen molar-refractivity contribution in [3.63, 3.8) is 0 Å². The molecule has 6 rings (SSSR count). The fraction of sp³-hybridized carbons (Fsp3) is 0.531. The summed E-state index contributed by atoms with van der Waals surface area (Å²) in [6.45, 7) is 6.42. The maximum absolute atomic E-state index is 16.2. The Morgan fingerprint density at radius 1 is 1.16 bits per heavy atom. The first-order valence-corrected chi connectivity index (χ1v) is 18.6. The molecule has 43 heavy (non-hydrogen) atoms. The summed E-state index contributed by atoms with van der Waals surface area (Å²) >= 11 is 6.49. The lowest BCUT2D eigenvalue weighted by Gasteiger charge is -2.31. The number of carbonyl (C=O) groups excluding carboxylic acids is 3. The summed E-state index contributed by atoms with van der Waals surface area (Å²) in [7, 11) is -3.45. The molecule has 4 heterocycles. The Hall–Kier alpha value is -2.79. The molecule has 1 spiro atoms. The van der Waals surface area contributed by atoms with Gasteiger partial charge in [-0.15, -0.1) is 0 Å². The van der Waals surface area contributed by atoms with Gasteiger partial charge in [-0.3, -0.25) is 14.4 Å². The minimum absolute atomic E-state index is 0.0529. The number of carbonyl (C=O) groups is 3. The molecule has 4 aliphatic heterocycles. The normalized spacial score (nSPS) is 28.9. The van der Waals surface area contributed by atoms with Gasteiger partial charge in [-0.05, 0) is 68.3 Å². The summed E-state index contributed by atoms with van der Waals surface area (Å²) in [5, 5.41) is 10.2.